The van der Waals surface area contributed by atoms with Gasteiger partial charge in [0.25, 0.3) is 11.5 Å². The number of fused-ring (bicyclic) bond motifs is 2. The van der Waals surface area contributed by atoms with Crippen molar-refractivity contribution >= 4 is 22.7 Å². The maximum Gasteiger partial charge on any atom is 0.260 e. The van der Waals surface area contributed by atoms with E-state index in [0.717, 1.165) is 13.0 Å². The van der Waals surface area contributed by atoms with Gasteiger partial charge in [0.2, 0.25) is 5.91 Å². The zero-order valence-corrected chi connectivity index (χ0v) is 14.3. The Bertz CT molecular complexity index is 936. The monoisotopic (exact) mass is 340 g/mol. The van der Waals surface area contributed by atoms with Crippen molar-refractivity contribution in [3.05, 3.63) is 40.4 Å². The summed E-state index contributed by atoms with van der Waals surface area (Å²) in [6, 6.07) is 4.98. The first kappa shape index (κ1) is 15.8. The minimum atomic E-state index is -0.134. The molecular weight excluding hydrogens is 320 g/mol. The van der Waals surface area contributed by atoms with Crippen LogP contribution in [0, 0.1) is 11.8 Å². The normalized spacial score (nSPS) is 23.2. The van der Waals surface area contributed by atoms with E-state index in [9.17, 15) is 14.4 Å². The van der Waals surface area contributed by atoms with Crippen LogP contribution in [0.25, 0.3) is 10.9 Å². The van der Waals surface area contributed by atoms with Crippen LogP contribution in [0.15, 0.2) is 29.3 Å². The van der Waals surface area contributed by atoms with E-state index >= 15 is 0 Å². The number of carbonyl (C=O) groups is 2. The standard InChI is InChI=1S/C18H20N4O3/c1-20-6-5-12-8-22(9-14(12)18(20)25)16(23)11-3-4-13-15(7-11)19-10-21(2)17(13)24/h3-4,7,10,12,14H,5-6,8-9H2,1-2H3/t12-,14+/m1/s1. The number of rotatable bonds is 1. The van der Waals surface area contributed by atoms with E-state index in [2.05, 4.69) is 4.98 Å². The molecule has 25 heavy (non-hydrogen) atoms. The first-order valence-electron chi connectivity index (χ1n) is 8.45. The van der Waals surface area contributed by atoms with E-state index in [1.165, 1.54) is 10.9 Å². The Labute approximate surface area is 144 Å². The zero-order chi connectivity index (χ0) is 17.7. The SMILES string of the molecule is CN1CC[C@@H]2CN(C(=O)c3ccc4c(=O)n(C)cnc4c3)C[C@@H]2C1=O. The minimum Gasteiger partial charge on any atom is -0.345 e. The van der Waals surface area contributed by atoms with Crippen molar-refractivity contribution in [1.29, 1.82) is 0 Å². The fourth-order valence-corrected chi connectivity index (χ4v) is 3.89. The molecule has 0 bridgehead atoms. The van der Waals surface area contributed by atoms with Gasteiger partial charge in [-0.2, -0.15) is 0 Å². The summed E-state index contributed by atoms with van der Waals surface area (Å²) in [4.78, 5) is 45.0. The van der Waals surface area contributed by atoms with Crippen LogP contribution in [0.2, 0.25) is 0 Å². The Balaban J connectivity index is 1.61. The summed E-state index contributed by atoms with van der Waals surface area (Å²) < 4.78 is 1.41. The van der Waals surface area contributed by atoms with Crippen molar-refractivity contribution in [1.82, 2.24) is 19.4 Å². The van der Waals surface area contributed by atoms with E-state index in [1.807, 2.05) is 7.05 Å². The van der Waals surface area contributed by atoms with Crippen LogP contribution in [0.5, 0.6) is 0 Å². The Morgan fingerprint density at radius 1 is 1.20 bits per heavy atom. The summed E-state index contributed by atoms with van der Waals surface area (Å²) in [5.74, 6) is 0.191. The fourth-order valence-electron chi connectivity index (χ4n) is 3.89. The summed E-state index contributed by atoms with van der Waals surface area (Å²) in [5.41, 5.74) is 0.888. The number of aromatic nitrogens is 2. The lowest BCUT2D eigenvalue weighted by molar-refractivity contribution is -0.137. The predicted molar refractivity (Wildman–Crippen MR) is 92.1 cm³/mol. The van der Waals surface area contributed by atoms with E-state index < -0.39 is 0 Å². The lowest BCUT2D eigenvalue weighted by atomic mass is 9.88. The fraction of sp³-hybridized carbons (Fsp3) is 0.444. The molecule has 0 spiro atoms. The molecular formula is C18H20N4O3. The Kier molecular flexibility index (Phi) is 3.59. The molecule has 130 valence electrons. The molecule has 0 N–H and O–H groups in total. The molecule has 2 amide bonds. The highest BCUT2D eigenvalue weighted by atomic mass is 16.2. The Morgan fingerprint density at radius 2 is 2.00 bits per heavy atom. The van der Waals surface area contributed by atoms with Gasteiger partial charge in [-0.25, -0.2) is 4.98 Å². The smallest absolute Gasteiger partial charge is 0.260 e. The Morgan fingerprint density at radius 3 is 2.80 bits per heavy atom. The second kappa shape index (κ2) is 5.68. The second-order valence-corrected chi connectivity index (χ2v) is 7.02. The average molecular weight is 340 g/mol. The van der Waals surface area contributed by atoms with Gasteiger partial charge in [0, 0.05) is 39.3 Å². The number of benzene rings is 1. The third-order valence-electron chi connectivity index (χ3n) is 5.42. The van der Waals surface area contributed by atoms with Crippen LogP contribution >= 0.6 is 0 Å². The first-order valence-corrected chi connectivity index (χ1v) is 8.45. The van der Waals surface area contributed by atoms with Gasteiger partial charge in [0.05, 0.1) is 23.1 Å². The van der Waals surface area contributed by atoms with Crippen LogP contribution in [0.1, 0.15) is 16.8 Å². The van der Waals surface area contributed by atoms with Crippen LogP contribution in [-0.2, 0) is 11.8 Å². The summed E-state index contributed by atoms with van der Waals surface area (Å²) in [6.07, 6.45) is 2.39. The molecule has 2 saturated heterocycles. The van der Waals surface area contributed by atoms with Crippen molar-refractivity contribution in [2.24, 2.45) is 18.9 Å². The predicted octanol–water partition coefficient (Wildman–Crippen LogP) is 0.484. The number of likely N-dealkylation sites (tertiary alicyclic amines) is 2. The van der Waals surface area contributed by atoms with Gasteiger partial charge in [-0.3, -0.25) is 14.4 Å². The number of hydrogen-bond acceptors (Lipinski definition) is 4. The molecule has 2 atom stereocenters. The molecule has 7 heteroatoms. The van der Waals surface area contributed by atoms with E-state index in [0.29, 0.717) is 29.6 Å². The zero-order valence-electron chi connectivity index (χ0n) is 14.3. The molecule has 0 saturated carbocycles. The van der Waals surface area contributed by atoms with Crippen LogP contribution in [0.4, 0.5) is 0 Å². The van der Waals surface area contributed by atoms with Crippen LogP contribution in [-0.4, -0.2) is 57.8 Å². The van der Waals surface area contributed by atoms with Crippen molar-refractivity contribution in [3.63, 3.8) is 0 Å². The highest BCUT2D eigenvalue weighted by molar-refractivity contribution is 5.98. The number of nitrogens with zero attached hydrogens (tertiary/aromatic N) is 4. The highest BCUT2D eigenvalue weighted by Gasteiger charge is 2.43. The average Bonchev–Trinajstić information content (AvgIpc) is 3.05. The lowest BCUT2D eigenvalue weighted by Crippen LogP contribution is -2.42. The van der Waals surface area contributed by atoms with Gasteiger partial charge in [-0.1, -0.05) is 0 Å². The number of piperidine rings is 1. The van der Waals surface area contributed by atoms with Crippen molar-refractivity contribution in [2.75, 3.05) is 26.7 Å². The molecule has 7 nitrogen and oxygen atoms in total. The first-order chi connectivity index (χ1) is 12.0. The third kappa shape index (κ3) is 2.50. The van der Waals surface area contributed by atoms with Gasteiger partial charge < -0.3 is 14.4 Å². The summed E-state index contributed by atoms with van der Waals surface area (Å²) >= 11 is 0. The van der Waals surface area contributed by atoms with E-state index in [1.54, 1.807) is 35.0 Å². The molecule has 1 aromatic heterocycles. The lowest BCUT2D eigenvalue weighted by Gasteiger charge is -2.30. The van der Waals surface area contributed by atoms with E-state index in [-0.39, 0.29) is 29.2 Å². The van der Waals surface area contributed by atoms with Gasteiger partial charge in [-0.05, 0) is 30.5 Å². The second-order valence-electron chi connectivity index (χ2n) is 7.02. The topological polar surface area (TPSA) is 75.5 Å². The van der Waals surface area contributed by atoms with Crippen molar-refractivity contribution < 1.29 is 9.59 Å². The maximum absolute atomic E-state index is 12.9. The molecule has 2 aliphatic heterocycles. The van der Waals surface area contributed by atoms with Crippen LogP contribution < -0.4 is 5.56 Å². The number of amides is 2. The minimum absolute atomic E-state index is 0.0893. The third-order valence-corrected chi connectivity index (χ3v) is 5.42. The number of hydrogen-bond donors (Lipinski definition) is 0. The number of aryl methyl sites for hydroxylation is 1. The van der Waals surface area contributed by atoms with Gasteiger partial charge in [0.1, 0.15) is 0 Å². The van der Waals surface area contributed by atoms with Crippen molar-refractivity contribution in [3.8, 4) is 0 Å². The molecule has 0 radical (unpaired) electrons. The molecule has 2 fully saturated rings. The summed E-state index contributed by atoms with van der Waals surface area (Å²) in [6.45, 7) is 1.84. The quantitative estimate of drug-likeness (QED) is 0.757. The molecule has 0 aliphatic carbocycles. The van der Waals surface area contributed by atoms with Gasteiger partial charge >= 0.3 is 0 Å². The summed E-state index contributed by atoms with van der Waals surface area (Å²) in [5, 5.41) is 0.494. The molecule has 0 unspecified atom stereocenters. The Hall–Kier alpha value is -2.70. The maximum atomic E-state index is 12.9. The molecule has 1 aromatic carbocycles. The largest absolute Gasteiger partial charge is 0.345 e. The van der Waals surface area contributed by atoms with Crippen LogP contribution in [0.3, 0.4) is 0 Å². The van der Waals surface area contributed by atoms with Gasteiger partial charge in [-0.15, -0.1) is 0 Å². The highest BCUT2D eigenvalue weighted by Crippen LogP contribution is 2.32. The summed E-state index contributed by atoms with van der Waals surface area (Å²) in [7, 11) is 3.46. The molecule has 2 aliphatic rings. The van der Waals surface area contributed by atoms with Gasteiger partial charge in [0.15, 0.2) is 0 Å². The number of carbonyl (C=O) groups excluding carboxylic acids is 2. The molecule has 4 rings (SSSR count). The van der Waals surface area contributed by atoms with Crippen molar-refractivity contribution in [2.45, 2.75) is 6.42 Å². The van der Waals surface area contributed by atoms with E-state index in [4.69, 9.17) is 0 Å². The molecule has 3 heterocycles. The molecule has 2 aromatic rings.